The number of hydrogen-bond donors (Lipinski definition) is 2. The first kappa shape index (κ1) is 23.2. The second-order valence-corrected chi connectivity index (χ2v) is 10.1. The average molecular weight is 454 g/mol. The van der Waals surface area contributed by atoms with E-state index in [1.165, 1.54) is 19.1 Å². The molecule has 176 valence electrons. The molecular formula is C24H29F3O5. The fourth-order valence-corrected chi connectivity index (χ4v) is 6.80. The van der Waals surface area contributed by atoms with Crippen molar-refractivity contribution in [3.63, 3.8) is 0 Å². The summed E-state index contributed by atoms with van der Waals surface area (Å²) in [5, 5.41) is 21.4. The molecule has 5 nitrogen and oxygen atoms in total. The minimum Gasteiger partial charge on any atom is -0.458 e. The zero-order chi connectivity index (χ0) is 23.7. The molecule has 4 unspecified atom stereocenters. The summed E-state index contributed by atoms with van der Waals surface area (Å²) in [5.41, 5.74) is -2.65. The minimum atomic E-state index is -4.47. The van der Waals surface area contributed by atoms with Crippen molar-refractivity contribution >= 4 is 11.8 Å². The van der Waals surface area contributed by atoms with Gasteiger partial charge in [0, 0.05) is 17.8 Å². The summed E-state index contributed by atoms with van der Waals surface area (Å²) < 4.78 is 47.3. The molecule has 4 rings (SSSR count). The topological polar surface area (TPSA) is 83.8 Å². The summed E-state index contributed by atoms with van der Waals surface area (Å²) in [5.74, 6) is -3.73. The summed E-state index contributed by atoms with van der Waals surface area (Å²) >= 11 is 0. The molecule has 4 aliphatic carbocycles. The predicted molar refractivity (Wildman–Crippen MR) is 109 cm³/mol. The van der Waals surface area contributed by atoms with E-state index in [-0.39, 0.29) is 24.3 Å². The molecule has 0 bridgehead atoms. The van der Waals surface area contributed by atoms with Gasteiger partial charge in [0.25, 0.3) is 0 Å². The number of alkyl halides is 3. The van der Waals surface area contributed by atoms with Gasteiger partial charge in [-0.1, -0.05) is 36.8 Å². The number of fused-ring (bicyclic) bond motifs is 5. The van der Waals surface area contributed by atoms with Crippen LogP contribution in [0.25, 0.3) is 0 Å². The molecule has 0 aliphatic heterocycles. The molecule has 0 aromatic carbocycles. The van der Waals surface area contributed by atoms with Gasteiger partial charge < -0.3 is 14.9 Å². The normalized spacial score (nSPS) is 42.9. The lowest BCUT2D eigenvalue weighted by Crippen LogP contribution is -2.56. The largest absolute Gasteiger partial charge is 0.458 e. The molecule has 0 aromatic heterocycles. The monoisotopic (exact) mass is 454 g/mol. The number of aliphatic hydroxyl groups excluding tert-OH is 1. The van der Waals surface area contributed by atoms with Gasteiger partial charge in [-0.25, -0.2) is 0 Å². The second-order valence-electron chi connectivity index (χ2n) is 10.1. The van der Waals surface area contributed by atoms with Crippen LogP contribution < -0.4 is 0 Å². The van der Waals surface area contributed by atoms with Crippen molar-refractivity contribution in [1.29, 1.82) is 0 Å². The van der Waals surface area contributed by atoms with Gasteiger partial charge >= 0.3 is 12.1 Å². The van der Waals surface area contributed by atoms with Crippen LogP contribution in [0.3, 0.4) is 0 Å². The first-order chi connectivity index (χ1) is 14.7. The molecule has 2 fully saturated rings. The van der Waals surface area contributed by atoms with Gasteiger partial charge in [0.1, 0.15) is 5.60 Å². The van der Waals surface area contributed by atoms with E-state index < -0.39 is 58.9 Å². The Morgan fingerprint density at radius 2 is 1.94 bits per heavy atom. The number of ether oxygens (including phenoxy) is 1. The van der Waals surface area contributed by atoms with Crippen LogP contribution in [0.4, 0.5) is 13.2 Å². The van der Waals surface area contributed by atoms with Crippen LogP contribution in [-0.2, 0) is 14.3 Å². The molecule has 0 radical (unpaired) electrons. The number of carbonyl (C=O) groups excluding carboxylic acids is 2. The highest BCUT2D eigenvalue weighted by molar-refractivity contribution is 5.91. The number of ketones is 1. The van der Waals surface area contributed by atoms with Crippen molar-refractivity contribution < 1.29 is 37.7 Å². The van der Waals surface area contributed by atoms with Crippen LogP contribution in [0.2, 0.25) is 0 Å². The van der Waals surface area contributed by atoms with Gasteiger partial charge in [-0.2, -0.15) is 13.2 Å². The van der Waals surface area contributed by atoms with Gasteiger partial charge in [-0.05, 0) is 50.0 Å². The molecule has 0 amide bonds. The molecule has 0 spiro atoms. The predicted octanol–water partition coefficient (Wildman–Crippen LogP) is 3.66. The number of Topliss-reactive ketones (excluding diaryl/α,β-unsaturated/α-hetero) is 1. The van der Waals surface area contributed by atoms with E-state index in [0.29, 0.717) is 12.8 Å². The summed E-state index contributed by atoms with van der Waals surface area (Å²) in [6, 6.07) is 0. The van der Waals surface area contributed by atoms with E-state index in [0.717, 1.165) is 5.57 Å². The van der Waals surface area contributed by atoms with Crippen molar-refractivity contribution in [2.24, 2.45) is 28.6 Å². The van der Waals surface area contributed by atoms with E-state index >= 15 is 0 Å². The Balaban J connectivity index is 1.75. The number of esters is 1. The number of allylic oxidation sites excluding steroid dienone is 4. The third-order valence-corrected chi connectivity index (χ3v) is 8.52. The van der Waals surface area contributed by atoms with Gasteiger partial charge in [-0.15, -0.1) is 0 Å². The molecule has 2 saturated carbocycles. The number of rotatable bonds is 3. The number of hydrogen-bond acceptors (Lipinski definition) is 5. The summed E-state index contributed by atoms with van der Waals surface area (Å²) in [6.45, 7) is 4.14. The standard InChI is InChI=1S/C24H29F3O5/c1-13(28)32-12-20(30)23(31)9-6-17-15-11-19(24(25,26)27)18-10-14(29)4-7-21(18,2)16(15)5-8-22(17,23)3/h4-5,7,10,14-15,17,19,29,31H,6,8-9,11-12H2,1-3H3/t14?,15?,17?,19?,21-,22+,23+/m1/s1. The molecule has 0 saturated heterocycles. The SMILES string of the molecule is CC(=O)OCC(=O)[C@@]1(O)CCC2C3CC(C(F)(F)F)C4=CC(O)C=C[C@]4(C)C3=CC[C@@]21C. The van der Waals surface area contributed by atoms with Crippen LogP contribution in [0, 0.1) is 28.6 Å². The molecule has 4 aliphatic rings. The molecule has 8 heteroatoms. The lowest BCUT2D eigenvalue weighted by atomic mass is 9.49. The smallest absolute Gasteiger partial charge is 0.395 e. The van der Waals surface area contributed by atoms with Gasteiger partial charge in [0.15, 0.2) is 6.61 Å². The van der Waals surface area contributed by atoms with Crippen molar-refractivity contribution in [2.75, 3.05) is 6.61 Å². The van der Waals surface area contributed by atoms with Crippen LogP contribution in [0.1, 0.15) is 46.5 Å². The van der Waals surface area contributed by atoms with Crippen molar-refractivity contribution in [3.05, 3.63) is 35.5 Å². The highest BCUT2D eigenvalue weighted by Crippen LogP contribution is 2.67. The maximum absolute atomic E-state index is 14.1. The molecule has 0 aromatic rings. The Labute approximate surface area is 185 Å². The Hall–Kier alpha value is -1.93. The summed E-state index contributed by atoms with van der Waals surface area (Å²) in [6.07, 6.45) is 1.55. The Morgan fingerprint density at radius 1 is 1.25 bits per heavy atom. The number of carbonyl (C=O) groups is 2. The van der Waals surface area contributed by atoms with Gasteiger partial charge in [0.05, 0.1) is 12.0 Å². The van der Waals surface area contributed by atoms with Crippen LogP contribution in [0.5, 0.6) is 0 Å². The minimum absolute atomic E-state index is 0.122. The van der Waals surface area contributed by atoms with E-state index in [2.05, 4.69) is 0 Å². The second kappa shape index (κ2) is 7.29. The fourth-order valence-electron chi connectivity index (χ4n) is 6.80. The number of halogens is 3. The van der Waals surface area contributed by atoms with Crippen molar-refractivity contribution in [3.8, 4) is 0 Å². The zero-order valence-electron chi connectivity index (χ0n) is 18.4. The quantitative estimate of drug-likeness (QED) is 0.502. The van der Waals surface area contributed by atoms with Crippen LogP contribution in [0.15, 0.2) is 35.5 Å². The average Bonchev–Trinajstić information content (AvgIpc) is 2.97. The fraction of sp³-hybridized carbons (Fsp3) is 0.667. The van der Waals surface area contributed by atoms with Crippen molar-refractivity contribution in [2.45, 2.75) is 64.3 Å². The van der Waals surface area contributed by atoms with Gasteiger partial charge in [-0.3, -0.25) is 9.59 Å². The molecular weight excluding hydrogens is 425 g/mol. The summed E-state index contributed by atoms with van der Waals surface area (Å²) in [4.78, 5) is 24.0. The van der Waals surface area contributed by atoms with Gasteiger partial charge in [0.2, 0.25) is 5.78 Å². The Bertz CT molecular complexity index is 934. The molecule has 7 atom stereocenters. The zero-order valence-corrected chi connectivity index (χ0v) is 18.4. The lowest BCUT2D eigenvalue weighted by Gasteiger charge is -2.55. The Morgan fingerprint density at radius 3 is 2.56 bits per heavy atom. The van der Waals surface area contributed by atoms with Crippen LogP contribution in [-0.4, -0.2) is 46.5 Å². The van der Waals surface area contributed by atoms with E-state index in [9.17, 15) is 33.0 Å². The summed E-state index contributed by atoms with van der Waals surface area (Å²) in [7, 11) is 0. The lowest BCUT2D eigenvalue weighted by molar-refractivity contribution is -0.179. The third kappa shape index (κ3) is 3.21. The molecule has 32 heavy (non-hydrogen) atoms. The Kier molecular flexibility index (Phi) is 5.29. The van der Waals surface area contributed by atoms with Crippen molar-refractivity contribution in [1.82, 2.24) is 0 Å². The molecule has 2 N–H and O–H groups in total. The van der Waals surface area contributed by atoms with E-state index in [1.807, 2.05) is 6.08 Å². The third-order valence-electron chi connectivity index (χ3n) is 8.52. The van der Waals surface area contributed by atoms with E-state index in [1.54, 1.807) is 19.9 Å². The highest BCUT2D eigenvalue weighted by atomic mass is 19.4. The van der Waals surface area contributed by atoms with E-state index in [4.69, 9.17) is 4.74 Å². The number of aliphatic hydroxyl groups is 2. The first-order valence-electron chi connectivity index (χ1n) is 11.0. The maximum atomic E-state index is 14.1. The molecule has 0 heterocycles. The highest BCUT2D eigenvalue weighted by Gasteiger charge is 2.66. The first-order valence-corrected chi connectivity index (χ1v) is 11.0. The van der Waals surface area contributed by atoms with Crippen LogP contribution >= 0.6 is 0 Å². The maximum Gasteiger partial charge on any atom is 0.395 e.